The van der Waals surface area contributed by atoms with Gasteiger partial charge in [0.15, 0.2) is 0 Å². The molecule has 0 spiro atoms. The summed E-state index contributed by atoms with van der Waals surface area (Å²) in [5.41, 5.74) is 1.06. The molecule has 1 saturated heterocycles. The number of hydrogen-bond donors (Lipinski definition) is 2. The summed E-state index contributed by atoms with van der Waals surface area (Å²) >= 11 is 0. The van der Waals surface area contributed by atoms with Crippen molar-refractivity contribution < 1.29 is 24.5 Å². The molecule has 1 aromatic carbocycles. The molecular weight excluding hydrogens is 332 g/mol. The van der Waals surface area contributed by atoms with Gasteiger partial charge in [0.25, 0.3) is 0 Å². The van der Waals surface area contributed by atoms with E-state index in [9.17, 15) is 15.0 Å². The van der Waals surface area contributed by atoms with Crippen molar-refractivity contribution >= 4 is 5.97 Å². The standard InChI is InChI=1S/C21H30O5/c1-2-3-6-16-10-11-18-13-15(22)12-17(25-18)9-8-14-5-4-7-19(23)20(14)21(24)26-16/h4-5,7,15-18,22-23H,2-3,6,8-13H2,1H3/t15?,16?,17?,18-/m0/s1. The van der Waals surface area contributed by atoms with Crippen LogP contribution in [0.1, 0.15) is 74.2 Å². The topological polar surface area (TPSA) is 76.0 Å². The average molecular weight is 362 g/mol. The lowest BCUT2D eigenvalue weighted by Gasteiger charge is -2.34. The normalized spacial score (nSPS) is 29.8. The van der Waals surface area contributed by atoms with Gasteiger partial charge in [-0.15, -0.1) is 0 Å². The SMILES string of the molecule is CCCCC1CC[C@H]2CC(O)CC(CCc3cccc(O)c3C(=O)O1)O2. The van der Waals surface area contributed by atoms with E-state index in [-0.39, 0.29) is 35.7 Å². The van der Waals surface area contributed by atoms with Crippen LogP contribution >= 0.6 is 0 Å². The fraction of sp³-hybridized carbons (Fsp3) is 0.667. The van der Waals surface area contributed by atoms with Gasteiger partial charge in [0.05, 0.1) is 18.3 Å². The van der Waals surface area contributed by atoms with Gasteiger partial charge in [0.1, 0.15) is 17.4 Å². The highest BCUT2D eigenvalue weighted by Crippen LogP contribution is 2.31. The molecule has 3 rings (SSSR count). The van der Waals surface area contributed by atoms with Crippen LogP contribution in [-0.2, 0) is 15.9 Å². The first-order valence-corrected chi connectivity index (χ1v) is 9.92. The Morgan fingerprint density at radius 3 is 2.69 bits per heavy atom. The van der Waals surface area contributed by atoms with Gasteiger partial charge < -0.3 is 19.7 Å². The molecule has 0 amide bonds. The minimum absolute atomic E-state index is 0.0107. The Hall–Kier alpha value is -1.59. The van der Waals surface area contributed by atoms with E-state index in [4.69, 9.17) is 9.47 Å². The quantitative estimate of drug-likeness (QED) is 0.801. The zero-order chi connectivity index (χ0) is 18.5. The first-order valence-electron chi connectivity index (χ1n) is 9.92. The van der Waals surface area contributed by atoms with Crippen LogP contribution in [0.15, 0.2) is 18.2 Å². The third-order valence-electron chi connectivity index (χ3n) is 5.49. The van der Waals surface area contributed by atoms with Gasteiger partial charge in [-0.2, -0.15) is 0 Å². The molecular formula is C21H30O5. The number of phenolic OH excluding ortho intramolecular Hbond substituents is 1. The smallest absolute Gasteiger partial charge is 0.342 e. The van der Waals surface area contributed by atoms with E-state index in [0.29, 0.717) is 19.3 Å². The van der Waals surface area contributed by atoms with Crippen molar-refractivity contribution in [2.75, 3.05) is 0 Å². The number of aryl methyl sites for hydroxylation is 1. The van der Waals surface area contributed by atoms with E-state index in [1.165, 1.54) is 6.07 Å². The lowest BCUT2D eigenvalue weighted by atomic mass is 9.92. The average Bonchev–Trinajstić information content (AvgIpc) is 2.61. The Balaban J connectivity index is 1.86. The number of rotatable bonds is 3. The molecule has 2 N–H and O–H groups in total. The zero-order valence-electron chi connectivity index (χ0n) is 15.5. The second-order valence-electron chi connectivity index (χ2n) is 7.60. The monoisotopic (exact) mass is 362 g/mol. The molecule has 2 bridgehead atoms. The molecule has 2 heterocycles. The minimum atomic E-state index is -0.425. The van der Waals surface area contributed by atoms with Crippen molar-refractivity contribution in [2.45, 2.75) is 89.1 Å². The molecule has 5 heteroatoms. The number of hydrogen-bond acceptors (Lipinski definition) is 5. The molecule has 1 aromatic rings. The highest BCUT2D eigenvalue weighted by Gasteiger charge is 2.31. The number of ether oxygens (including phenoxy) is 2. The molecule has 2 aliphatic rings. The fourth-order valence-corrected chi connectivity index (χ4v) is 4.08. The fourth-order valence-electron chi connectivity index (χ4n) is 4.08. The van der Waals surface area contributed by atoms with E-state index in [0.717, 1.165) is 44.1 Å². The summed E-state index contributed by atoms with van der Waals surface area (Å²) in [6, 6.07) is 5.14. The Morgan fingerprint density at radius 2 is 1.92 bits per heavy atom. The van der Waals surface area contributed by atoms with Crippen LogP contribution in [0.25, 0.3) is 0 Å². The van der Waals surface area contributed by atoms with Crippen molar-refractivity contribution in [3.05, 3.63) is 29.3 Å². The zero-order valence-corrected chi connectivity index (χ0v) is 15.5. The van der Waals surface area contributed by atoms with E-state index in [1.807, 2.05) is 6.07 Å². The van der Waals surface area contributed by atoms with Crippen LogP contribution in [0, 0.1) is 0 Å². The first kappa shape index (κ1) is 19.2. The lowest BCUT2D eigenvalue weighted by molar-refractivity contribution is -0.104. The Bertz CT molecular complexity index is 614. The third kappa shape index (κ3) is 4.77. The third-order valence-corrected chi connectivity index (χ3v) is 5.49. The number of aliphatic hydroxyl groups is 1. The highest BCUT2D eigenvalue weighted by atomic mass is 16.5. The number of carbonyl (C=O) groups excluding carboxylic acids is 1. The molecule has 0 aliphatic carbocycles. The van der Waals surface area contributed by atoms with Crippen LogP contribution in [-0.4, -0.2) is 40.6 Å². The molecule has 1 fully saturated rings. The van der Waals surface area contributed by atoms with Gasteiger partial charge in [-0.3, -0.25) is 0 Å². The molecule has 5 nitrogen and oxygen atoms in total. The summed E-state index contributed by atoms with van der Waals surface area (Å²) in [6.45, 7) is 2.11. The Labute approximate surface area is 155 Å². The number of carbonyl (C=O) groups is 1. The van der Waals surface area contributed by atoms with Crippen LogP contribution < -0.4 is 0 Å². The second-order valence-corrected chi connectivity index (χ2v) is 7.60. The molecule has 144 valence electrons. The van der Waals surface area contributed by atoms with Crippen LogP contribution in [0.2, 0.25) is 0 Å². The second kappa shape index (κ2) is 8.87. The van der Waals surface area contributed by atoms with E-state index < -0.39 is 5.97 Å². The number of aliphatic hydroxyl groups excluding tert-OH is 1. The number of esters is 1. The van der Waals surface area contributed by atoms with Gasteiger partial charge in [-0.25, -0.2) is 4.79 Å². The summed E-state index contributed by atoms with van der Waals surface area (Å²) in [4.78, 5) is 12.8. The summed E-state index contributed by atoms with van der Waals surface area (Å²) in [7, 11) is 0. The molecule has 4 atom stereocenters. The van der Waals surface area contributed by atoms with Gasteiger partial charge in [-0.05, 0) is 56.6 Å². The molecule has 26 heavy (non-hydrogen) atoms. The molecule has 0 saturated carbocycles. The van der Waals surface area contributed by atoms with Gasteiger partial charge in [0, 0.05) is 0 Å². The van der Waals surface area contributed by atoms with Crippen molar-refractivity contribution in [3.8, 4) is 5.75 Å². The summed E-state index contributed by atoms with van der Waals surface area (Å²) in [5.74, 6) is -0.452. The van der Waals surface area contributed by atoms with Gasteiger partial charge >= 0.3 is 5.97 Å². The number of cyclic esters (lactones) is 1. The molecule has 2 aliphatic heterocycles. The molecule has 0 aromatic heterocycles. The van der Waals surface area contributed by atoms with Crippen LogP contribution in [0.3, 0.4) is 0 Å². The van der Waals surface area contributed by atoms with E-state index in [1.54, 1.807) is 6.07 Å². The van der Waals surface area contributed by atoms with Crippen molar-refractivity contribution in [3.63, 3.8) is 0 Å². The van der Waals surface area contributed by atoms with E-state index >= 15 is 0 Å². The van der Waals surface area contributed by atoms with Gasteiger partial charge in [0.2, 0.25) is 0 Å². The largest absolute Gasteiger partial charge is 0.507 e. The van der Waals surface area contributed by atoms with Crippen LogP contribution in [0.5, 0.6) is 5.75 Å². The Morgan fingerprint density at radius 1 is 1.15 bits per heavy atom. The lowest BCUT2D eigenvalue weighted by Crippen LogP contribution is -2.37. The number of aromatic hydroxyl groups is 1. The summed E-state index contributed by atoms with van der Waals surface area (Å²) in [6.07, 6.45) is 6.45. The number of phenols is 1. The maximum Gasteiger partial charge on any atom is 0.342 e. The number of unbranched alkanes of at least 4 members (excludes halogenated alkanes) is 1. The van der Waals surface area contributed by atoms with Crippen molar-refractivity contribution in [1.29, 1.82) is 0 Å². The number of benzene rings is 1. The highest BCUT2D eigenvalue weighted by molar-refractivity contribution is 5.94. The van der Waals surface area contributed by atoms with Crippen molar-refractivity contribution in [2.24, 2.45) is 0 Å². The Kier molecular flexibility index (Phi) is 6.54. The minimum Gasteiger partial charge on any atom is -0.507 e. The predicted molar refractivity (Wildman–Crippen MR) is 98.3 cm³/mol. The summed E-state index contributed by atoms with van der Waals surface area (Å²) < 4.78 is 12.0. The molecule has 0 radical (unpaired) electrons. The van der Waals surface area contributed by atoms with Crippen molar-refractivity contribution in [1.82, 2.24) is 0 Å². The maximum absolute atomic E-state index is 12.8. The number of fused-ring (bicyclic) bond motifs is 3. The summed E-state index contributed by atoms with van der Waals surface area (Å²) in [5, 5.41) is 20.4. The predicted octanol–water partition coefficient (Wildman–Crippen LogP) is 3.74. The van der Waals surface area contributed by atoms with E-state index in [2.05, 4.69) is 6.92 Å². The first-order chi connectivity index (χ1) is 12.6. The van der Waals surface area contributed by atoms with Crippen LogP contribution in [0.4, 0.5) is 0 Å². The molecule has 3 unspecified atom stereocenters. The maximum atomic E-state index is 12.8. The van der Waals surface area contributed by atoms with Gasteiger partial charge in [-0.1, -0.05) is 31.9 Å².